The molecule has 0 spiro atoms. The van der Waals surface area contributed by atoms with E-state index in [1.165, 1.54) is 58.4 Å². The second kappa shape index (κ2) is 10.7. The van der Waals surface area contributed by atoms with Crippen molar-refractivity contribution in [2.24, 2.45) is 0 Å². The van der Waals surface area contributed by atoms with E-state index in [0.717, 1.165) is 33.9 Å². The summed E-state index contributed by atoms with van der Waals surface area (Å²) in [7, 11) is 0. The fourth-order valence-electron chi connectivity index (χ4n) is 7.15. The van der Waals surface area contributed by atoms with Gasteiger partial charge in [0.25, 0.3) is 0 Å². The second-order valence-corrected chi connectivity index (χ2v) is 13.2. The van der Waals surface area contributed by atoms with E-state index in [1.807, 2.05) is 35.6 Å². The summed E-state index contributed by atoms with van der Waals surface area (Å²) >= 11 is 1.86. The molecule has 0 radical (unpaired) electrons. The number of fused-ring (bicyclic) bond motifs is 8. The first-order valence-corrected chi connectivity index (χ1v) is 17.0. The lowest BCUT2D eigenvalue weighted by Gasteiger charge is -2.10. The maximum atomic E-state index is 5.20. The van der Waals surface area contributed by atoms with Crippen molar-refractivity contribution >= 4 is 64.1 Å². The lowest BCUT2D eigenvalue weighted by Crippen LogP contribution is -1.95. The number of nitrogens with zero attached hydrogens (tertiary/aromatic N) is 3. The van der Waals surface area contributed by atoms with Gasteiger partial charge in [-0.1, -0.05) is 140 Å². The van der Waals surface area contributed by atoms with Gasteiger partial charge in [0.2, 0.25) is 0 Å². The van der Waals surface area contributed by atoms with Crippen molar-refractivity contribution < 1.29 is 0 Å². The molecule has 10 aromatic rings. The number of rotatable bonds is 4. The fourth-order valence-corrected chi connectivity index (χ4v) is 8.51. The third kappa shape index (κ3) is 4.20. The molecular formula is C44H27N3S. The van der Waals surface area contributed by atoms with Crippen LogP contribution in [0.15, 0.2) is 164 Å². The van der Waals surface area contributed by atoms with E-state index in [4.69, 9.17) is 9.97 Å². The summed E-state index contributed by atoms with van der Waals surface area (Å²) in [6.45, 7) is 0. The zero-order chi connectivity index (χ0) is 31.6. The molecule has 0 saturated heterocycles. The van der Waals surface area contributed by atoms with Crippen molar-refractivity contribution in [2.45, 2.75) is 0 Å². The van der Waals surface area contributed by atoms with Crippen LogP contribution in [0.4, 0.5) is 0 Å². The van der Waals surface area contributed by atoms with Crippen molar-refractivity contribution in [3.8, 4) is 39.6 Å². The van der Waals surface area contributed by atoms with Gasteiger partial charge in [-0.25, -0.2) is 9.97 Å². The number of hydrogen-bond acceptors (Lipinski definition) is 3. The molecule has 224 valence electrons. The average Bonchev–Trinajstić information content (AvgIpc) is 3.71. The van der Waals surface area contributed by atoms with E-state index in [1.54, 1.807) is 0 Å². The molecule has 0 unspecified atom stereocenters. The summed E-state index contributed by atoms with van der Waals surface area (Å²) in [6.07, 6.45) is 0. The summed E-state index contributed by atoms with van der Waals surface area (Å²) in [5.41, 5.74) is 8.65. The first-order valence-electron chi connectivity index (χ1n) is 16.2. The van der Waals surface area contributed by atoms with Crippen LogP contribution in [-0.2, 0) is 0 Å². The standard InChI is InChI=1S/C44H27N3S/c1-3-13-29(14-4-1)38-27-39(46-44(45-38)30-15-5-2-6-16-30)37-20-11-19-35-36-25-24-34-33-18-9-10-21-40(33)47(41(34)43(36)48-42(35)37)32-23-22-28-12-7-8-17-31(28)26-32/h1-27H. The number of para-hydroxylation sites is 1. The Bertz CT molecular complexity index is 2770. The lowest BCUT2D eigenvalue weighted by atomic mass is 10.0. The minimum absolute atomic E-state index is 0.726. The van der Waals surface area contributed by atoms with Gasteiger partial charge >= 0.3 is 0 Å². The molecule has 10 rings (SSSR count). The van der Waals surface area contributed by atoms with Gasteiger partial charge in [-0.3, -0.25) is 0 Å². The highest BCUT2D eigenvalue weighted by Gasteiger charge is 2.20. The van der Waals surface area contributed by atoms with Gasteiger partial charge in [-0.2, -0.15) is 0 Å². The highest BCUT2D eigenvalue weighted by Crippen LogP contribution is 2.46. The largest absolute Gasteiger partial charge is 0.308 e. The van der Waals surface area contributed by atoms with Crippen molar-refractivity contribution in [3.05, 3.63) is 164 Å². The maximum absolute atomic E-state index is 5.20. The molecule has 0 amide bonds. The average molecular weight is 630 g/mol. The monoisotopic (exact) mass is 629 g/mol. The molecule has 7 aromatic carbocycles. The first-order chi connectivity index (χ1) is 23.8. The first kappa shape index (κ1) is 27.1. The molecule has 3 aromatic heterocycles. The molecule has 0 aliphatic rings. The fraction of sp³-hybridized carbons (Fsp3) is 0. The Morgan fingerprint density at radius 3 is 1.96 bits per heavy atom. The lowest BCUT2D eigenvalue weighted by molar-refractivity contribution is 1.19. The van der Waals surface area contributed by atoms with Crippen molar-refractivity contribution in [1.29, 1.82) is 0 Å². The van der Waals surface area contributed by atoms with Crippen LogP contribution in [0.3, 0.4) is 0 Å². The molecule has 4 heteroatoms. The highest BCUT2D eigenvalue weighted by atomic mass is 32.1. The van der Waals surface area contributed by atoms with Gasteiger partial charge < -0.3 is 4.57 Å². The second-order valence-electron chi connectivity index (χ2n) is 12.2. The quantitative estimate of drug-likeness (QED) is 0.194. The molecule has 48 heavy (non-hydrogen) atoms. The van der Waals surface area contributed by atoms with Crippen LogP contribution in [0.1, 0.15) is 0 Å². The Kier molecular flexibility index (Phi) is 6.05. The van der Waals surface area contributed by atoms with E-state index < -0.39 is 0 Å². The van der Waals surface area contributed by atoms with Gasteiger partial charge in [-0.15, -0.1) is 11.3 Å². The maximum Gasteiger partial charge on any atom is 0.160 e. The van der Waals surface area contributed by atoms with Gasteiger partial charge in [0.15, 0.2) is 5.82 Å². The molecule has 0 saturated carbocycles. The van der Waals surface area contributed by atoms with Gasteiger partial charge in [0.1, 0.15) is 0 Å². The van der Waals surface area contributed by atoms with E-state index in [-0.39, 0.29) is 0 Å². The van der Waals surface area contributed by atoms with Crippen LogP contribution >= 0.6 is 11.3 Å². The van der Waals surface area contributed by atoms with Gasteiger partial charge in [0, 0.05) is 48.6 Å². The number of thiophene rings is 1. The van der Waals surface area contributed by atoms with E-state index >= 15 is 0 Å². The normalized spacial score (nSPS) is 11.8. The molecule has 3 heterocycles. The number of aromatic nitrogens is 3. The van der Waals surface area contributed by atoms with Crippen LogP contribution in [-0.4, -0.2) is 14.5 Å². The van der Waals surface area contributed by atoms with Crippen molar-refractivity contribution in [1.82, 2.24) is 14.5 Å². The zero-order valence-corrected chi connectivity index (χ0v) is 26.7. The SMILES string of the molecule is c1ccc(-c2cc(-c3cccc4c3sc3c4ccc4c5ccccc5n(-c5ccc6ccccc6c5)c43)nc(-c3ccccc3)n2)cc1. The minimum atomic E-state index is 0.726. The van der Waals surface area contributed by atoms with Crippen molar-refractivity contribution in [3.63, 3.8) is 0 Å². The van der Waals surface area contributed by atoms with Crippen LogP contribution in [0, 0.1) is 0 Å². The highest BCUT2D eigenvalue weighted by molar-refractivity contribution is 7.27. The summed E-state index contributed by atoms with van der Waals surface area (Å²) in [5, 5.41) is 7.50. The van der Waals surface area contributed by atoms with E-state index in [2.05, 4.69) is 144 Å². The summed E-state index contributed by atoms with van der Waals surface area (Å²) in [6, 6.07) is 58.2. The molecular weight excluding hydrogens is 603 g/mol. The third-order valence-corrected chi connectivity index (χ3v) is 10.7. The predicted octanol–water partition coefficient (Wildman–Crippen LogP) is 12.1. The van der Waals surface area contributed by atoms with Crippen LogP contribution in [0.2, 0.25) is 0 Å². The summed E-state index contributed by atoms with van der Waals surface area (Å²) < 4.78 is 4.96. The number of benzene rings is 7. The zero-order valence-electron chi connectivity index (χ0n) is 25.8. The summed E-state index contributed by atoms with van der Waals surface area (Å²) in [4.78, 5) is 10.2. The van der Waals surface area contributed by atoms with E-state index in [9.17, 15) is 0 Å². The molecule has 0 aliphatic heterocycles. The predicted molar refractivity (Wildman–Crippen MR) is 203 cm³/mol. The number of hydrogen-bond donors (Lipinski definition) is 0. The Balaban J connectivity index is 1.27. The molecule has 0 aliphatic carbocycles. The van der Waals surface area contributed by atoms with Gasteiger partial charge in [-0.05, 0) is 35.0 Å². The minimum Gasteiger partial charge on any atom is -0.308 e. The molecule has 0 atom stereocenters. The van der Waals surface area contributed by atoms with E-state index in [0.29, 0.717) is 0 Å². The molecule has 0 fully saturated rings. The smallest absolute Gasteiger partial charge is 0.160 e. The third-order valence-electron chi connectivity index (χ3n) is 9.39. The molecule has 0 N–H and O–H groups in total. The van der Waals surface area contributed by atoms with Crippen molar-refractivity contribution in [2.75, 3.05) is 0 Å². The van der Waals surface area contributed by atoms with Crippen LogP contribution < -0.4 is 0 Å². The Hall–Kier alpha value is -6.10. The Labute approximate surface area is 281 Å². The Morgan fingerprint density at radius 1 is 0.438 bits per heavy atom. The topological polar surface area (TPSA) is 30.7 Å². The molecule has 0 bridgehead atoms. The van der Waals surface area contributed by atoms with Crippen LogP contribution in [0.25, 0.3) is 92.3 Å². The molecule has 3 nitrogen and oxygen atoms in total. The van der Waals surface area contributed by atoms with Gasteiger partial charge in [0.05, 0.1) is 27.1 Å². The van der Waals surface area contributed by atoms with Crippen LogP contribution in [0.5, 0.6) is 0 Å². The summed E-state index contributed by atoms with van der Waals surface area (Å²) in [5.74, 6) is 0.726. The Morgan fingerprint density at radius 2 is 1.10 bits per heavy atom.